The van der Waals surface area contributed by atoms with Crippen LogP contribution < -0.4 is 0 Å². The lowest BCUT2D eigenvalue weighted by Crippen LogP contribution is -1.95. The van der Waals surface area contributed by atoms with Gasteiger partial charge in [-0.05, 0) is 69.1 Å². The van der Waals surface area contributed by atoms with E-state index in [9.17, 15) is 0 Å². The lowest BCUT2D eigenvalue weighted by atomic mass is 9.96. The number of nitrogens with zero attached hydrogens (tertiary/aromatic N) is 2. The summed E-state index contributed by atoms with van der Waals surface area (Å²) in [6, 6.07) is 50.4. The highest BCUT2D eigenvalue weighted by Gasteiger charge is 2.23. The molecule has 0 amide bonds. The molecular formula is C42H24N2O2. The number of rotatable bonds is 3. The summed E-state index contributed by atoms with van der Waals surface area (Å²) in [4.78, 5) is 10.5. The van der Waals surface area contributed by atoms with Crippen LogP contribution in [0.1, 0.15) is 0 Å². The molecule has 3 aromatic heterocycles. The van der Waals surface area contributed by atoms with Gasteiger partial charge in [0.2, 0.25) is 0 Å². The van der Waals surface area contributed by atoms with Crippen LogP contribution in [-0.4, -0.2) is 9.97 Å². The van der Waals surface area contributed by atoms with Gasteiger partial charge in [0.1, 0.15) is 28.0 Å². The summed E-state index contributed by atoms with van der Waals surface area (Å²) < 4.78 is 13.2. The average Bonchev–Trinajstić information content (AvgIpc) is 3.68. The summed E-state index contributed by atoms with van der Waals surface area (Å²) >= 11 is 0. The van der Waals surface area contributed by atoms with Crippen molar-refractivity contribution in [2.75, 3.05) is 0 Å². The molecule has 0 unspecified atom stereocenters. The van der Waals surface area contributed by atoms with E-state index in [0.717, 1.165) is 77.1 Å². The minimum atomic E-state index is 0.593. The number of fused-ring (bicyclic) bond motifs is 8. The molecule has 214 valence electrons. The van der Waals surface area contributed by atoms with E-state index in [-0.39, 0.29) is 0 Å². The molecule has 0 radical (unpaired) electrons. The van der Waals surface area contributed by atoms with E-state index in [2.05, 4.69) is 121 Å². The predicted molar refractivity (Wildman–Crippen MR) is 188 cm³/mol. The van der Waals surface area contributed by atoms with Crippen LogP contribution in [0.15, 0.2) is 154 Å². The Bertz CT molecular complexity index is 2810. The monoisotopic (exact) mass is 588 g/mol. The van der Waals surface area contributed by atoms with E-state index >= 15 is 0 Å². The first-order chi connectivity index (χ1) is 22.8. The third-order valence-electron chi connectivity index (χ3n) is 9.06. The summed E-state index contributed by atoms with van der Waals surface area (Å²) in [5.74, 6) is 0.593. The van der Waals surface area contributed by atoms with Crippen LogP contribution in [0.2, 0.25) is 0 Å². The van der Waals surface area contributed by atoms with Crippen molar-refractivity contribution in [1.29, 1.82) is 0 Å². The normalized spacial score (nSPS) is 11.9. The fourth-order valence-corrected chi connectivity index (χ4v) is 6.84. The Morgan fingerprint density at radius 1 is 0.413 bits per heavy atom. The molecule has 0 saturated carbocycles. The smallest absolute Gasteiger partial charge is 0.180 e. The zero-order valence-electron chi connectivity index (χ0n) is 24.6. The summed E-state index contributed by atoms with van der Waals surface area (Å²) in [5, 5.41) is 7.70. The van der Waals surface area contributed by atoms with Crippen molar-refractivity contribution in [2.45, 2.75) is 0 Å². The van der Waals surface area contributed by atoms with Gasteiger partial charge in [0.05, 0.1) is 5.56 Å². The van der Waals surface area contributed by atoms with Crippen LogP contribution in [-0.2, 0) is 0 Å². The van der Waals surface area contributed by atoms with E-state index in [0.29, 0.717) is 11.4 Å². The van der Waals surface area contributed by atoms with Crippen LogP contribution in [0.5, 0.6) is 0 Å². The zero-order chi connectivity index (χ0) is 30.2. The van der Waals surface area contributed by atoms with Crippen LogP contribution >= 0.6 is 0 Å². The molecule has 4 heteroatoms. The van der Waals surface area contributed by atoms with Crippen LogP contribution in [0.4, 0.5) is 0 Å². The second-order valence-electron chi connectivity index (χ2n) is 11.8. The Labute approximate surface area is 263 Å². The Kier molecular flexibility index (Phi) is 5.25. The maximum atomic E-state index is 6.79. The molecule has 0 N–H and O–H groups in total. The van der Waals surface area contributed by atoms with Crippen molar-refractivity contribution in [1.82, 2.24) is 9.97 Å². The van der Waals surface area contributed by atoms with Gasteiger partial charge in [-0.25, -0.2) is 9.97 Å². The topological polar surface area (TPSA) is 52.1 Å². The lowest BCUT2D eigenvalue weighted by Gasteiger charge is -2.10. The van der Waals surface area contributed by atoms with Crippen LogP contribution in [0, 0.1) is 0 Å². The van der Waals surface area contributed by atoms with Crippen molar-refractivity contribution < 1.29 is 8.83 Å². The Balaban J connectivity index is 1.31. The zero-order valence-corrected chi connectivity index (χ0v) is 24.6. The first-order valence-corrected chi connectivity index (χ1v) is 15.4. The maximum Gasteiger partial charge on any atom is 0.180 e. The molecule has 0 aliphatic heterocycles. The second kappa shape index (κ2) is 9.62. The molecule has 0 fully saturated rings. The van der Waals surface area contributed by atoms with E-state index in [1.165, 1.54) is 10.8 Å². The summed E-state index contributed by atoms with van der Waals surface area (Å²) in [6.07, 6.45) is 0. The van der Waals surface area contributed by atoms with Gasteiger partial charge in [0.25, 0.3) is 0 Å². The fourth-order valence-electron chi connectivity index (χ4n) is 6.84. The van der Waals surface area contributed by atoms with Gasteiger partial charge in [-0.1, -0.05) is 109 Å². The molecule has 7 aromatic carbocycles. The van der Waals surface area contributed by atoms with E-state index < -0.39 is 0 Å². The predicted octanol–water partition coefficient (Wildman–Crippen LogP) is 11.6. The van der Waals surface area contributed by atoms with E-state index in [1.54, 1.807) is 0 Å². The minimum absolute atomic E-state index is 0.593. The fraction of sp³-hybridized carbons (Fsp3) is 0. The molecule has 10 aromatic rings. The second-order valence-corrected chi connectivity index (χ2v) is 11.8. The molecule has 0 aliphatic rings. The van der Waals surface area contributed by atoms with Crippen molar-refractivity contribution in [3.05, 3.63) is 146 Å². The van der Waals surface area contributed by atoms with E-state index in [1.807, 2.05) is 24.3 Å². The van der Waals surface area contributed by atoms with E-state index in [4.69, 9.17) is 18.8 Å². The summed E-state index contributed by atoms with van der Waals surface area (Å²) in [5.41, 5.74) is 8.64. The van der Waals surface area contributed by atoms with Gasteiger partial charge in [0, 0.05) is 21.7 Å². The third-order valence-corrected chi connectivity index (χ3v) is 9.06. The molecule has 0 aliphatic carbocycles. The number of para-hydroxylation sites is 1. The quantitative estimate of drug-likeness (QED) is 0.206. The number of aromatic nitrogens is 2. The Morgan fingerprint density at radius 2 is 1.09 bits per heavy atom. The van der Waals surface area contributed by atoms with Crippen molar-refractivity contribution in [3.8, 4) is 33.8 Å². The Hall–Kier alpha value is -6.26. The minimum Gasteiger partial charge on any atom is -0.455 e. The average molecular weight is 589 g/mol. The Morgan fingerprint density at radius 3 is 1.93 bits per heavy atom. The summed E-state index contributed by atoms with van der Waals surface area (Å²) in [6.45, 7) is 0. The number of benzene rings is 7. The van der Waals surface area contributed by atoms with Crippen molar-refractivity contribution in [2.24, 2.45) is 0 Å². The van der Waals surface area contributed by atoms with Crippen LogP contribution in [0.25, 0.3) is 99.3 Å². The molecule has 4 nitrogen and oxygen atoms in total. The number of hydrogen-bond donors (Lipinski definition) is 0. The molecule has 0 spiro atoms. The molecule has 3 heterocycles. The van der Waals surface area contributed by atoms with Gasteiger partial charge in [-0.15, -0.1) is 0 Å². The lowest BCUT2D eigenvalue weighted by molar-refractivity contribution is 0.666. The molecule has 10 rings (SSSR count). The first-order valence-electron chi connectivity index (χ1n) is 15.4. The highest BCUT2D eigenvalue weighted by Crippen LogP contribution is 2.44. The highest BCUT2D eigenvalue weighted by molar-refractivity contribution is 6.18. The molecule has 46 heavy (non-hydrogen) atoms. The van der Waals surface area contributed by atoms with Crippen molar-refractivity contribution >= 4 is 65.6 Å². The molecule has 0 bridgehead atoms. The van der Waals surface area contributed by atoms with Gasteiger partial charge < -0.3 is 8.83 Å². The molecule has 0 atom stereocenters. The van der Waals surface area contributed by atoms with Gasteiger partial charge in [-0.2, -0.15) is 0 Å². The highest BCUT2D eigenvalue weighted by atomic mass is 16.3. The summed E-state index contributed by atoms with van der Waals surface area (Å²) in [7, 11) is 0. The standard InChI is InChI=1S/C42H24N2O2/c1-2-11-26(12-3-1)31-20-21-33(40-37(31)34-23-28-14-6-7-15-29(28)24-36(34)46-40)42-43-38(30-19-18-25-10-4-5-13-27(25)22-30)41-39(44-42)32-16-8-9-17-35(32)45-41/h1-24H. The van der Waals surface area contributed by atoms with Crippen LogP contribution in [0.3, 0.4) is 0 Å². The molecular weight excluding hydrogens is 564 g/mol. The van der Waals surface area contributed by atoms with Gasteiger partial charge in [0.15, 0.2) is 11.4 Å². The number of hydrogen-bond acceptors (Lipinski definition) is 4. The first kappa shape index (κ1) is 25.1. The molecule has 0 saturated heterocycles. The number of furan rings is 2. The SMILES string of the molecule is c1ccc(-c2ccc(-c3nc(-c4ccc5ccccc5c4)c4oc5ccccc5c4n3)c3oc4cc5ccccc5cc4c23)cc1. The third kappa shape index (κ3) is 3.74. The van der Waals surface area contributed by atoms with Gasteiger partial charge in [-0.3, -0.25) is 0 Å². The maximum absolute atomic E-state index is 6.79. The largest absolute Gasteiger partial charge is 0.455 e. The van der Waals surface area contributed by atoms with Crippen molar-refractivity contribution in [3.63, 3.8) is 0 Å². The van der Waals surface area contributed by atoms with Gasteiger partial charge >= 0.3 is 0 Å².